The summed E-state index contributed by atoms with van der Waals surface area (Å²) >= 11 is 5.89. The number of hydrogen-bond acceptors (Lipinski definition) is 2. The van der Waals surface area contributed by atoms with Crippen LogP contribution in [0.25, 0.3) is 0 Å². The van der Waals surface area contributed by atoms with E-state index in [1.165, 1.54) is 5.56 Å². The van der Waals surface area contributed by atoms with Gasteiger partial charge in [-0.15, -0.1) is 0 Å². The molecule has 1 unspecified atom stereocenters. The summed E-state index contributed by atoms with van der Waals surface area (Å²) in [5.41, 5.74) is 2.91. The van der Waals surface area contributed by atoms with E-state index in [2.05, 4.69) is 24.4 Å². The Kier molecular flexibility index (Phi) is 7.10. The van der Waals surface area contributed by atoms with E-state index in [9.17, 15) is 4.79 Å². The van der Waals surface area contributed by atoms with Crippen LogP contribution in [0.15, 0.2) is 78.9 Å². The summed E-state index contributed by atoms with van der Waals surface area (Å²) in [6.07, 6.45) is 0.974. The molecule has 0 spiro atoms. The molecule has 0 aliphatic heterocycles. The molecule has 0 saturated heterocycles. The predicted molar refractivity (Wildman–Crippen MR) is 114 cm³/mol. The summed E-state index contributed by atoms with van der Waals surface area (Å²) in [5.74, 6) is 0.966. The minimum Gasteiger partial charge on any atom is -0.489 e. The van der Waals surface area contributed by atoms with E-state index in [0.29, 0.717) is 29.7 Å². The molecule has 0 aromatic heterocycles. The number of carbonyl (C=O) groups is 1. The molecule has 3 rings (SSSR count). The van der Waals surface area contributed by atoms with Crippen molar-refractivity contribution >= 4 is 17.5 Å². The molecular weight excluding hydrogens is 370 g/mol. The Labute approximate surface area is 171 Å². The third-order valence-electron chi connectivity index (χ3n) is 4.71. The molecule has 1 amide bonds. The van der Waals surface area contributed by atoms with Gasteiger partial charge in [0.1, 0.15) is 12.4 Å². The average molecular weight is 394 g/mol. The van der Waals surface area contributed by atoms with Crippen molar-refractivity contribution in [1.82, 2.24) is 5.32 Å². The second-order valence-electron chi connectivity index (χ2n) is 6.67. The van der Waals surface area contributed by atoms with Crippen LogP contribution in [0.5, 0.6) is 5.75 Å². The third kappa shape index (κ3) is 5.61. The lowest BCUT2D eigenvalue weighted by molar-refractivity contribution is 0.0951. The van der Waals surface area contributed by atoms with Crippen LogP contribution in [-0.4, -0.2) is 12.5 Å². The van der Waals surface area contributed by atoms with Crippen molar-refractivity contribution in [3.05, 3.63) is 101 Å². The molecule has 3 aromatic carbocycles. The summed E-state index contributed by atoms with van der Waals surface area (Å²) in [6.45, 7) is 3.21. The van der Waals surface area contributed by atoms with Gasteiger partial charge in [0.25, 0.3) is 5.91 Å². The van der Waals surface area contributed by atoms with Gasteiger partial charge in [-0.1, -0.05) is 61.0 Å². The Morgan fingerprint density at radius 3 is 2.29 bits per heavy atom. The number of amides is 1. The van der Waals surface area contributed by atoms with Crippen molar-refractivity contribution in [3.8, 4) is 5.75 Å². The second kappa shape index (κ2) is 9.95. The maximum absolute atomic E-state index is 12.5. The van der Waals surface area contributed by atoms with E-state index < -0.39 is 0 Å². The molecule has 1 N–H and O–H groups in total. The normalized spacial score (nSPS) is 11.6. The molecule has 0 aliphatic carbocycles. The molecule has 3 aromatic rings. The van der Waals surface area contributed by atoms with E-state index in [1.54, 1.807) is 12.1 Å². The minimum absolute atomic E-state index is 0.0707. The molecule has 0 heterocycles. The van der Waals surface area contributed by atoms with Crippen LogP contribution >= 0.6 is 11.6 Å². The molecule has 0 bridgehead atoms. The van der Waals surface area contributed by atoms with Crippen LogP contribution in [0.2, 0.25) is 5.02 Å². The van der Waals surface area contributed by atoms with Crippen molar-refractivity contribution in [2.24, 2.45) is 0 Å². The van der Waals surface area contributed by atoms with E-state index in [1.807, 2.05) is 54.6 Å². The topological polar surface area (TPSA) is 38.3 Å². The lowest BCUT2D eigenvalue weighted by atomic mass is 9.96. The van der Waals surface area contributed by atoms with Crippen molar-refractivity contribution in [2.75, 3.05) is 6.54 Å². The first kappa shape index (κ1) is 20.0. The molecule has 1 atom stereocenters. The highest BCUT2D eigenvalue weighted by Gasteiger charge is 2.12. The highest BCUT2D eigenvalue weighted by atomic mass is 35.5. The highest BCUT2D eigenvalue weighted by Crippen LogP contribution is 2.19. The molecular formula is C24H24ClNO2. The third-order valence-corrected chi connectivity index (χ3v) is 4.96. The Bertz CT molecular complexity index is 877. The van der Waals surface area contributed by atoms with Crippen molar-refractivity contribution < 1.29 is 9.53 Å². The zero-order valence-electron chi connectivity index (χ0n) is 15.9. The van der Waals surface area contributed by atoms with Gasteiger partial charge in [0.05, 0.1) is 0 Å². The maximum atomic E-state index is 12.5. The Morgan fingerprint density at radius 2 is 1.64 bits per heavy atom. The number of halogens is 1. The first-order valence-corrected chi connectivity index (χ1v) is 9.84. The van der Waals surface area contributed by atoms with Gasteiger partial charge in [-0.05, 0) is 53.9 Å². The van der Waals surface area contributed by atoms with Crippen LogP contribution in [0.1, 0.15) is 40.7 Å². The van der Waals surface area contributed by atoms with E-state index in [0.717, 1.165) is 17.7 Å². The Balaban J connectivity index is 1.52. The van der Waals surface area contributed by atoms with E-state index in [4.69, 9.17) is 16.3 Å². The largest absolute Gasteiger partial charge is 0.489 e. The van der Waals surface area contributed by atoms with Crippen LogP contribution in [-0.2, 0) is 6.61 Å². The molecule has 0 fully saturated rings. The zero-order valence-corrected chi connectivity index (χ0v) is 16.7. The van der Waals surface area contributed by atoms with Crippen molar-refractivity contribution in [1.29, 1.82) is 0 Å². The number of nitrogens with one attached hydrogen (secondary N) is 1. The molecule has 0 saturated carbocycles. The van der Waals surface area contributed by atoms with Gasteiger partial charge in [-0.25, -0.2) is 0 Å². The molecule has 3 nitrogen and oxygen atoms in total. The lowest BCUT2D eigenvalue weighted by Gasteiger charge is -2.16. The summed E-state index contributed by atoms with van der Waals surface area (Å²) in [5, 5.41) is 3.74. The summed E-state index contributed by atoms with van der Waals surface area (Å²) in [6, 6.07) is 25.0. The standard InChI is InChI=1S/C24H24ClNO2/c1-2-19(20-6-4-3-5-7-20)16-26-24(27)21-10-14-23(15-11-21)28-17-18-8-12-22(25)13-9-18/h3-15,19H,2,16-17H2,1H3,(H,26,27). The fraction of sp³-hybridized carbons (Fsp3) is 0.208. The van der Waals surface area contributed by atoms with Gasteiger partial charge in [0, 0.05) is 23.0 Å². The maximum Gasteiger partial charge on any atom is 0.251 e. The monoisotopic (exact) mass is 393 g/mol. The van der Waals surface area contributed by atoms with Gasteiger partial charge in [-0.2, -0.15) is 0 Å². The molecule has 144 valence electrons. The number of ether oxygens (including phenoxy) is 1. The number of rotatable bonds is 8. The average Bonchev–Trinajstić information content (AvgIpc) is 2.75. The fourth-order valence-electron chi connectivity index (χ4n) is 2.99. The molecule has 0 aliphatic rings. The SMILES string of the molecule is CCC(CNC(=O)c1ccc(OCc2ccc(Cl)cc2)cc1)c1ccccc1. The molecule has 28 heavy (non-hydrogen) atoms. The van der Waals surface area contributed by atoms with Crippen LogP contribution in [0.3, 0.4) is 0 Å². The van der Waals surface area contributed by atoms with Crippen LogP contribution < -0.4 is 10.1 Å². The van der Waals surface area contributed by atoms with Crippen LogP contribution in [0, 0.1) is 0 Å². The van der Waals surface area contributed by atoms with Crippen LogP contribution in [0.4, 0.5) is 0 Å². The summed E-state index contributed by atoms with van der Waals surface area (Å²) in [7, 11) is 0. The highest BCUT2D eigenvalue weighted by molar-refractivity contribution is 6.30. The summed E-state index contributed by atoms with van der Waals surface area (Å²) < 4.78 is 5.77. The van der Waals surface area contributed by atoms with Gasteiger partial charge in [-0.3, -0.25) is 4.79 Å². The van der Waals surface area contributed by atoms with Crippen molar-refractivity contribution in [3.63, 3.8) is 0 Å². The smallest absolute Gasteiger partial charge is 0.251 e. The van der Waals surface area contributed by atoms with Gasteiger partial charge >= 0.3 is 0 Å². The Hall–Kier alpha value is -2.78. The number of carbonyl (C=O) groups excluding carboxylic acids is 1. The van der Waals surface area contributed by atoms with E-state index in [-0.39, 0.29) is 5.91 Å². The molecule has 4 heteroatoms. The Morgan fingerprint density at radius 1 is 0.964 bits per heavy atom. The van der Waals surface area contributed by atoms with Gasteiger partial charge in [0.15, 0.2) is 0 Å². The minimum atomic E-state index is -0.0707. The van der Waals surface area contributed by atoms with Gasteiger partial charge in [0.2, 0.25) is 0 Å². The van der Waals surface area contributed by atoms with Gasteiger partial charge < -0.3 is 10.1 Å². The zero-order chi connectivity index (χ0) is 19.8. The first-order chi connectivity index (χ1) is 13.7. The van der Waals surface area contributed by atoms with Crippen molar-refractivity contribution in [2.45, 2.75) is 25.9 Å². The lowest BCUT2D eigenvalue weighted by Crippen LogP contribution is -2.28. The number of hydrogen-bond donors (Lipinski definition) is 1. The van der Waals surface area contributed by atoms with E-state index >= 15 is 0 Å². The molecule has 0 radical (unpaired) electrons. The summed E-state index contributed by atoms with van der Waals surface area (Å²) in [4.78, 5) is 12.5. The fourth-order valence-corrected chi connectivity index (χ4v) is 3.12. The quantitative estimate of drug-likeness (QED) is 0.521. The predicted octanol–water partition coefficient (Wildman–Crippen LogP) is 5.84. The first-order valence-electron chi connectivity index (χ1n) is 9.46. The second-order valence-corrected chi connectivity index (χ2v) is 7.10. The number of benzene rings is 3.